The fourth-order valence-electron chi connectivity index (χ4n) is 5.04. The first-order chi connectivity index (χ1) is 17.6. The van der Waals surface area contributed by atoms with Gasteiger partial charge in [0.1, 0.15) is 5.75 Å². The van der Waals surface area contributed by atoms with Gasteiger partial charge >= 0.3 is 0 Å². The van der Waals surface area contributed by atoms with Gasteiger partial charge in [0.25, 0.3) is 5.91 Å². The molecular formula is C30H34N4O2. The van der Waals surface area contributed by atoms with Crippen LogP contribution in [0.5, 0.6) is 5.75 Å². The van der Waals surface area contributed by atoms with E-state index in [-0.39, 0.29) is 11.9 Å². The molecule has 0 aromatic heterocycles. The summed E-state index contributed by atoms with van der Waals surface area (Å²) in [6.45, 7) is 7.11. The van der Waals surface area contributed by atoms with Crippen LogP contribution in [0.15, 0.2) is 84.0 Å². The molecule has 1 saturated heterocycles. The molecule has 0 N–H and O–H groups in total. The summed E-state index contributed by atoms with van der Waals surface area (Å²) < 4.78 is 5.34. The summed E-state index contributed by atoms with van der Waals surface area (Å²) in [5.41, 5.74) is 5.64. The van der Waals surface area contributed by atoms with Gasteiger partial charge in [-0.1, -0.05) is 72.3 Å². The van der Waals surface area contributed by atoms with Crippen LogP contribution in [0.25, 0.3) is 0 Å². The summed E-state index contributed by atoms with van der Waals surface area (Å²) >= 11 is 0. The minimum absolute atomic E-state index is 0.0509. The Kier molecular flexibility index (Phi) is 7.44. The summed E-state index contributed by atoms with van der Waals surface area (Å²) in [6.07, 6.45) is 0.701. The van der Waals surface area contributed by atoms with E-state index in [4.69, 9.17) is 9.84 Å². The number of hydrogen-bond donors (Lipinski definition) is 0. The van der Waals surface area contributed by atoms with E-state index in [1.807, 2.05) is 24.3 Å². The maximum atomic E-state index is 13.6. The number of amides is 1. The average molecular weight is 483 g/mol. The molecule has 0 aliphatic carbocycles. The number of carbonyl (C=O) groups is 1. The molecule has 1 amide bonds. The molecule has 0 radical (unpaired) electrons. The molecular weight excluding hydrogens is 448 g/mol. The topological polar surface area (TPSA) is 48.4 Å². The summed E-state index contributed by atoms with van der Waals surface area (Å²) in [5, 5.41) is 6.59. The molecule has 3 aromatic carbocycles. The molecule has 1 atom stereocenters. The Morgan fingerprint density at radius 2 is 1.64 bits per heavy atom. The van der Waals surface area contributed by atoms with Gasteiger partial charge < -0.3 is 4.74 Å². The van der Waals surface area contributed by atoms with Crippen molar-refractivity contribution in [2.24, 2.45) is 5.10 Å². The van der Waals surface area contributed by atoms with Gasteiger partial charge in [0.05, 0.1) is 25.4 Å². The second-order valence-electron chi connectivity index (χ2n) is 9.69. The van der Waals surface area contributed by atoms with Crippen molar-refractivity contribution in [1.82, 2.24) is 14.8 Å². The number of piperazine rings is 1. The molecule has 0 saturated carbocycles. The largest absolute Gasteiger partial charge is 0.497 e. The van der Waals surface area contributed by atoms with Crippen molar-refractivity contribution in [3.05, 3.63) is 101 Å². The highest BCUT2D eigenvalue weighted by molar-refractivity contribution is 6.03. The van der Waals surface area contributed by atoms with E-state index in [1.54, 1.807) is 12.1 Å². The predicted octanol–water partition coefficient (Wildman–Crippen LogP) is 4.50. The van der Waals surface area contributed by atoms with Crippen LogP contribution in [0.3, 0.4) is 0 Å². The SMILES string of the molecule is COc1ccc(C2CC(c3cccc(C)c3)=NN2C(=O)CN2CCN(Cc3ccccc3)CC2)cc1. The van der Waals surface area contributed by atoms with Crippen LogP contribution in [0.4, 0.5) is 0 Å². The lowest BCUT2D eigenvalue weighted by atomic mass is 9.97. The molecule has 1 unspecified atom stereocenters. The number of carbonyl (C=O) groups excluding carboxylic acids is 1. The Hall–Kier alpha value is -3.48. The van der Waals surface area contributed by atoms with E-state index in [9.17, 15) is 4.79 Å². The van der Waals surface area contributed by atoms with Gasteiger partial charge in [-0.05, 0) is 35.7 Å². The summed E-state index contributed by atoms with van der Waals surface area (Å²) in [7, 11) is 1.67. The molecule has 0 bridgehead atoms. The molecule has 0 spiro atoms. The maximum absolute atomic E-state index is 13.6. The second kappa shape index (κ2) is 11.1. The van der Waals surface area contributed by atoms with E-state index in [1.165, 1.54) is 11.1 Å². The van der Waals surface area contributed by atoms with Crippen LogP contribution in [-0.2, 0) is 11.3 Å². The van der Waals surface area contributed by atoms with Crippen molar-refractivity contribution in [1.29, 1.82) is 0 Å². The highest BCUT2D eigenvalue weighted by Gasteiger charge is 2.34. The third kappa shape index (κ3) is 5.66. The number of hydrogen-bond acceptors (Lipinski definition) is 5. The van der Waals surface area contributed by atoms with Crippen molar-refractivity contribution in [2.45, 2.75) is 25.9 Å². The Morgan fingerprint density at radius 3 is 2.33 bits per heavy atom. The van der Waals surface area contributed by atoms with Crippen LogP contribution >= 0.6 is 0 Å². The van der Waals surface area contributed by atoms with E-state index >= 15 is 0 Å². The summed E-state index contributed by atoms with van der Waals surface area (Å²) in [6, 6.07) is 26.8. The lowest BCUT2D eigenvalue weighted by Gasteiger charge is -2.35. The van der Waals surface area contributed by atoms with E-state index < -0.39 is 0 Å². The predicted molar refractivity (Wildman–Crippen MR) is 143 cm³/mol. The van der Waals surface area contributed by atoms with Gasteiger partial charge in [-0.3, -0.25) is 14.6 Å². The van der Waals surface area contributed by atoms with Crippen molar-refractivity contribution < 1.29 is 9.53 Å². The van der Waals surface area contributed by atoms with Gasteiger partial charge in [-0.15, -0.1) is 0 Å². The fraction of sp³-hybridized carbons (Fsp3) is 0.333. The monoisotopic (exact) mass is 482 g/mol. The molecule has 3 aromatic rings. The highest BCUT2D eigenvalue weighted by atomic mass is 16.5. The minimum Gasteiger partial charge on any atom is -0.497 e. The Balaban J connectivity index is 1.27. The third-order valence-electron chi connectivity index (χ3n) is 7.09. The van der Waals surface area contributed by atoms with Gasteiger partial charge in [-0.25, -0.2) is 5.01 Å². The van der Waals surface area contributed by atoms with Crippen molar-refractivity contribution in [3.8, 4) is 5.75 Å². The zero-order chi connectivity index (χ0) is 24.9. The van der Waals surface area contributed by atoms with E-state index in [2.05, 4.69) is 71.3 Å². The highest BCUT2D eigenvalue weighted by Crippen LogP contribution is 2.34. The lowest BCUT2D eigenvalue weighted by Crippen LogP contribution is -2.49. The Labute approximate surface area is 213 Å². The first-order valence-electron chi connectivity index (χ1n) is 12.7. The number of methoxy groups -OCH3 is 1. The average Bonchev–Trinajstić information content (AvgIpc) is 3.36. The lowest BCUT2D eigenvalue weighted by molar-refractivity contribution is -0.134. The summed E-state index contributed by atoms with van der Waals surface area (Å²) in [4.78, 5) is 18.3. The van der Waals surface area contributed by atoms with Gasteiger partial charge in [0.15, 0.2) is 0 Å². The molecule has 6 heteroatoms. The van der Waals surface area contributed by atoms with Crippen LogP contribution < -0.4 is 4.74 Å². The van der Waals surface area contributed by atoms with Crippen molar-refractivity contribution in [3.63, 3.8) is 0 Å². The van der Waals surface area contributed by atoms with Crippen molar-refractivity contribution >= 4 is 11.6 Å². The molecule has 5 rings (SSSR count). The first kappa shape index (κ1) is 24.2. The van der Waals surface area contributed by atoms with Gasteiger partial charge in [0, 0.05) is 39.1 Å². The molecule has 2 aliphatic heterocycles. The smallest absolute Gasteiger partial charge is 0.257 e. The Morgan fingerprint density at radius 1 is 0.917 bits per heavy atom. The molecule has 36 heavy (non-hydrogen) atoms. The van der Waals surface area contributed by atoms with Crippen LogP contribution in [0.1, 0.15) is 34.7 Å². The standard InChI is InChI=1S/C30H34N4O2/c1-23-7-6-10-26(19-23)28-20-29(25-11-13-27(36-2)14-12-25)34(31-28)30(35)22-33-17-15-32(16-18-33)21-24-8-4-3-5-9-24/h3-14,19,29H,15-18,20-22H2,1-2H3. The number of nitrogens with zero attached hydrogens (tertiary/aromatic N) is 4. The molecule has 2 heterocycles. The van der Waals surface area contributed by atoms with E-state index in [0.29, 0.717) is 13.0 Å². The third-order valence-corrected chi connectivity index (χ3v) is 7.09. The Bertz CT molecular complexity index is 1200. The second-order valence-corrected chi connectivity index (χ2v) is 9.69. The zero-order valence-electron chi connectivity index (χ0n) is 21.1. The molecule has 186 valence electrons. The first-order valence-corrected chi connectivity index (χ1v) is 12.7. The quantitative estimate of drug-likeness (QED) is 0.498. The number of hydrazone groups is 1. The fourth-order valence-corrected chi connectivity index (χ4v) is 5.04. The number of ether oxygens (including phenoxy) is 1. The van der Waals surface area contributed by atoms with Gasteiger partial charge in [0.2, 0.25) is 0 Å². The molecule has 2 aliphatic rings. The van der Waals surface area contributed by atoms with Crippen molar-refractivity contribution in [2.75, 3.05) is 39.8 Å². The zero-order valence-corrected chi connectivity index (χ0v) is 21.1. The van der Waals surface area contributed by atoms with Crippen LogP contribution in [0.2, 0.25) is 0 Å². The maximum Gasteiger partial charge on any atom is 0.257 e. The minimum atomic E-state index is -0.113. The normalized spacial score (nSPS) is 18.8. The number of benzene rings is 3. The van der Waals surface area contributed by atoms with E-state index in [0.717, 1.165) is 55.3 Å². The number of aryl methyl sites for hydroxylation is 1. The number of rotatable bonds is 7. The molecule has 1 fully saturated rings. The molecule has 6 nitrogen and oxygen atoms in total. The van der Waals surface area contributed by atoms with Gasteiger partial charge in [-0.2, -0.15) is 5.10 Å². The van der Waals surface area contributed by atoms with Crippen LogP contribution in [0, 0.1) is 6.92 Å². The van der Waals surface area contributed by atoms with Crippen LogP contribution in [-0.4, -0.2) is 66.3 Å². The summed E-state index contributed by atoms with van der Waals surface area (Å²) in [5.74, 6) is 0.859.